The molecule has 0 bridgehead atoms. The number of benzene rings is 1. The molecule has 0 aliphatic carbocycles. The SMILES string of the molecule is COc1ncc(C)c(NC(=O)c2cc(F)c(-c3nc(C(C)(C)O)n(C)n3)cc2OCC(F)(F)F)c1C. The summed E-state index contributed by atoms with van der Waals surface area (Å²) >= 11 is 0. The van der Waals surface area contributed by atoms with Crippen molar-refractivity contribution in [2.75, 3.05) is 19.0 Å². The Balaban J connectivity index is 2.09. The Hall–Kier alpha value is -3.74. The molecule has 2 aromatic heterocycles. The number of nitrogens with zero attached hydrogens (tertiary/aromatic N) is 4. The van der Waals surface area contributed by atoms with E-state index in [9.17, 15) is 23.1 Å². The lowest BCUT2D eigenvalue weighted by molar-refractivity contribution is -0.153. The number of pyridine rings is 1. The van der Waals surface area contributed by atoms with Gasteiger partial charge in [-0.15, -0.1) is 0 Å². The monoisotopic (exact) mass is 511 g/mol. The fraction of sp³-hybridized carbons (Fsp3) is 0.391. The van der Waals surface area contributed by atoms with Crippen LogP contribution < -0.4 is 14.8 Å². The second-order valence-electron chi connectivity index (χ2n) is 8.58. The summed E-state index contributed by atoms with van der Waals surface area (Å²) in [7, 11) is 2.86. The zero-order valence-corrected chi connectivity index (χ0v) is 20.4. The van der Waals surface area contributed by atoms with E-state index in [-0.39, 0.29) is 23.1 Å². The number of hydrogen-bond acceptors (Lipinski definition) is 7. The van der Waals surface area contributed by atoms with Crippen molar-refractivity contribution >= 4 is 11.6 Å². The summed E-state index contributed by atoms with van der Waals surface area (Å²) in [5, 5.41) is 16.9. The Morgan fingerprint density at radius 1 is 1.22 bits per heavy atom. The molecule has 2 heterocycles. The fourth-order valence-electron chi connectivity index (χ4n) is 3.51. The van der Waals surface area contributed by atoms with E-state index in [0.29, 0.717) is 16.8 Å². The average molecular weight is 511 g/mol. The van der Waals surface area contributed by atoms with E-state index in [1.165, 1.54) is 38.9 Å². The van der Waals surface area contributed by atoms with E-state index >= 15 is 4.39 Å². The number of carbonyl (C=O) groups excluding carboxylic acids is 1. The van der Waals surface area contributed by atoms with Crippen LogP contribution in [0.25, 0.3) is 11.4 Å². The van der Waals surface area contributed by atoms with Crippen LogP contribution in [0.5, 0.6) is 11.6 Å². The summed E-state index contributed by atoms with van der Waals surface area (Å²) in [4.78, 5) is 21.3. The maximum Gasteiger partial charge on any atom is 0.422 e. The Morgan fingerprint density at radius 3 is 2.44 bits per heavy atom. The highest BCUT2D eigenvalue weighted by molar-refractivity contribution is 6.07. The van der Waals surface area contributed by atoms with Crippen molar-refractivity contribution in [3.63, 3.8) is 0 Å². The smallest absolute Gasteiger partial charge is 0.422 e. The van der Waals surface area contributed by atoms with E-state index in [4.69, 9.17) is 9.47 Å². The van der Waals surface area contributed by atoms with Crippen LogP contribution >= 0.6 is 0 Å². The number of anilines is 1. The van der Waals surface area contributed by atoms with Gasteiger partial charge in [0.05, 0.1) is 23.9 Å². The number of hydrogen-bond donors (Lipinski definition) is 2. The topological polar surface area (TPSA) is 111 Å². The predicted molar refractivity (Wildman–Crippen MR) is 121 cm³/mol. The molecule has 0 fully saturated rings. The van der Waals surface area contributed by atoms with Gasteiger partial charge in [0.1, 0.15) is 17.2 Å². The Bertz CT molecular complexity index is 1300. The number of aromatic nitrogens is 4. The number of alkyl halides is 3. The number of aryl methyl sites for hydroxylation is 2. The second kappa shape index (κ2) is 9.72. The van der Waals surface area contributed by atoms with Gasteiger partial charge in [-0.1, -0.05) is 0 Å². The third kappa shape index (κ3) is 5.73. The summed E-state index contributed by atoms with van der Waals surface area (Å²) in [6.45, 7) is 4.46. The van der Waals surface area contributed by atoms with Crippen LogP contribution in [0.15, 0.2) is 18.3 Å². The molecule has 0 aliphatic heterocycles. The van der Waals surface area contributed by atoms with Crippen molar-refractivity contribution in [1.29, 1.82) is 0 Å². The highest BCUT2D eigenvalue weighted by atomic mass is 19.4. The molecule has 3 aromatic rings. The van der Waals surface area contributed by atoms with E-state index in [2.05, 4.69) is 20.4 Å². The molecule has 13 heteroatoms. The number of amides is 1. The van der Waals surface area contributed by atoms with Crippen LogP contribution in [-0.2, 0) is 12.6 Å². The van der Waals surface area contributed by atoms with E-state index in [1.54, 1.807) is 13.8 Å². The second-order valence-corrected chi connectivity index (χ2v) is 8.58. The minimum absolute atomic E-state index is 0.0917. The quantitative estimate of drug-likeness (QED) is 0.460. The van der Waals surface area contributed by atoms with Gasteiger partial charge in [-0.05, 0) is 45.4 Å². The van der Waals surface area contributed by atoms with E-state index < -0.39 is 41.4 Å². The molecule has 3 rings (SSSR count). The van der Waals surface area contributed by atoms with Crippen LogP contribution in [0.2, 0.25) is 0 Å². The van der Waals surface area contributed by atoms with Crippen LogP contribution in [0, 0.1) is 19.7 Å². The zero-order valence-electron chi connectivity index (χ0n) is 20.4. The highest BCUT2D eigenvalue weighted by Gasteiger charge is 2.31. The summed E-state index contributed by atoms with van der Waals surface area (Å²) in [5.41, 5.74) is -0.889. The zero-order chi connectivity index (χ0) is 27.0. The molecular weight excluding hydrogens is 486 g/mol. The first-order valence-corrected chi connectivity index (χ1v) is 10.6. The van der Waals surface area contributed by atoms with Gasteiger partial charge in [0.15, 0.2) is 18.3 Å². The molecule has 36 heavy (non-hydrogen) atoms. The highest BCUT2D eigenvalue weighted by Crippen LogP contribution is 2.33. The van der Waals surface area contributed by atoms with Crippen molar-refractivity contribution in [3.05, 3.63) is 46.7 Å². The molecule has 2 N–H and O–H groups in total. The molecule has 0 unspecified atom stereocenters. The first kappa shape index (κ1) is 26.9. The molecule has 0 saturated carbocycles. The largest absolute Gasteiger partial charge is 0.483 e. The van der Waals surface area contributed by atoms with Gasteiger partial charge in [0.25, 0.3) is 5.91 Å². The van der Waals surface area contributed by atoms with E-state index in [1.807, 2.05) is 0 Å². The maximum absolute atomic E-state index is 15.2. The summed E-state index contributed by atoms with van der Waals surface area (Å²) < 4.78 is 65.2. The lowest BCUT2D eigenvalue weighted by Crippen LogP contribution is -2.22. The van der Waals surface area contributed by atoms with Gasteiger partial charge in [-0.25, -0.2) is 19.0 Å². The maximum atomic E-state index is 15.2. The minimum atomic E-state index is -4.72. The first-order chi connectivity index (χ1) is 16.6. The van der Waals surface area contributed by atoms with E-state index in [0.717, 1.165) is 12.1 Å². The van der Waals surface area contributed by atoms with Gasteiger partial charge in [0.2, 0.25) is 5.88 Å². The number of rotatable bonds is 7. The van der Waals surface area contributed by atoms with Gasteiger partial charge in [-0.2, -0.15) is 18.3 Å². The summed E-state index contributed by atoms with van der Waals surface area (Å²) in [6.07, 6.45) is -3.27. The molecule has 1 aromatic carbocycles. The molecule has 0 saturated heterocycles. The number of aliphatic hydroxyl groups is 1. The van der Waals surface area contributed by atoms with Crippen LogP contribution in [0.1, 0.15) is 41.2 Å². The molecule has 1 amide bonds. The van der Waals surface area contributed by atoms with Crippen molar-refractivity contribution in [2.24, 2.45) is 7.05 Å². The molecule has 0 spiro atoms. The Morgan fingerprint density at radius 2 is 1.89 bits per heavy atom. The van der Waals surface area contributed by atoms with Crippen molar-refractivity contribution < 1.29 is 36.9 Å². The number of nitrogens with one attached hydrogen (secondary N) is 1. The Labute approximate surface area is 204 Å². The summed E-state index contributed by atoms with van der Waals surface area (Å²) in [6, 6.07) is 1.67. The molecule has 0 radical (unpaired) electrons. The standard InChI is InChI=1S/C23H25F4N5O4/c1-11-9-28-20(35-6)12(2)17(11)29-19(33)14-7-15(24)13(8-16(14)36-10-23(25,26)27)18-30-21(22(3,4)34)32(5)31-18/h7-9,34H,10H2,1-6H3,(H,28,29,33). The summed E-state index contributed by atoms with van der Waals surface area (Å²) in [5.74, 6) is -2.31. The number of carbonyl (C=O) groups is 1. The van der Waals surface area contributed by atoms with Gasteiger partial charge in [-0.3, -0.25) is 4.79 Å². The molecule has 9 nitrogen and oxygen atoms in total. The van der Waals surface area contributed by atoms with Crippen molar-refractivity contribution in [1.82, 2.24) is 19.7 Å². The lowest BCUT2D eigenvalue weighted by atomic mass is 10.1. The first-order valence-electron chi connectivity index (χ1n) is 10.6. The van der Waals surface area contributed by atoms with Crippen molar-refractivity contribution in [2.45, 2.75) is 39.5 Å². The van der Waals surface area contributed by atoms with Gasteiger partial charge < -0.3 is 19.9 Å². The van der Waals surface area contributed by atoms with Crippen LogP contribution in [-0.4, -0.2) is 50.7 Å². The minimum Gasteiger partial charge on any atom is -0.483 e. The fourth-order valence-corrected chi connectivity index (χ4v) is 3.51. The molecule has 194 valence electrons. The number of methoxy groups -OCH3 is 1. The molecule has 0 atom stereocenters. The molecular formula is C23H25F4N5O4. The predicted octanol–water partition coefficient (Wildman–Crippen LogP) is 4.06. The average Bonchev–Trinajstić information content (AvgIpc) is 3.16. The normalized spacial score (nSPS) is 12.0. The van der Waals surface area contributed by atoms with Crippen LogP contribution in [0.3, 0.4) is 0 Å². The number of halogens is 4. The third-order valence-corrected chi connectivity index (χ3v) is 5.15. The van der Waals surface area contributed by atoms with Crippen LogP contribution in [0.4, 0.5) is 23.2 Å². The molecule has 0 aliphatic rings. The Kier molecular flexibility index (Phi) is 7.25. The van der Waals surface area contributed by atoms with Gasteiger partial charge >= 0.3 is 6.18 Å². The van der Waals surface area contributed by atoms with Gasteiger partial charge in [0, 0.05) is 18.8 Å². The number of ether oxygens (including phenoxy) is 2. The van der Waals surface area contributed by atoms with Crippen molar-refractivity contribution in [3.8, 4) is 23.0 Å². The third-order valence-electron chi connectivity index (χ3n) is 5.15. The lowest BCUT2D eigenvalue weighted by Gasteiger charge is -2.17.